The number of hydrogen-bond acceptors (Lipinski definition) is 4. The average molecular weight is 272 g/mol. The van der Waals surface area contributed by atoms with Crippen LogP contribution in [0.15, 0.2) is 24.3 Å². The second kappa shape index (κ2) is 4.96. The quantitative estimate of drug-likeness (QED) is 0.911. The Hall–Kier alpha value is -2.37. The Morgan fingerprint density at radius 1 is 1.45 bits per heavy atom. The lowest BCUT2D eigenvalue weighted by Crippen LogP contribution is -2.36. The summed E-state index contributed by atoms with van der Waals surface area (Å²) in [5, 5.41) is 10.2. The number of hydrogen-bond donors (Lipinski definition) is 1. The van der Waals surface area contributed by atoms with Crippen molar-refractivity contribution >= 4 is 5.91 Å². The third-order valence-corrected chi connectivity index (χ3v) is 3.46. The number of carbonyl (C=O) groups excluding carboxylic acids is 1. The van der Waals surface area contributed by atoms with Gasteiger partial charge in [-0.2, -0.15) is 15.4 Å². The molecule has 1 aromatic carbocycles. The Labute approximate surface area is 116 Å². The summed E-state index contributed by atoms with van der Waals surface area (Å²) in [6.45, 7) is 2.28. The van der Waals surface area contributed by atoms with Crippen LogP contribution in [0.2, 0.25) is 0 Å². The number of para-hydroxylation sites is 1. The summed E-state index contributed by atoms with van der Waals surface area (Å²) in [6, 6.07) is 7.96. The van der Waals surface area contributed by atoms with Crippen molar-refractivity contribution in [3.05, 3.63) is 41.2 Å². The van der Waals surface area contributed by atoms with Gasteiger partial charge < -0.3 is 9.64 Å². The molecule has 20 heavy (non-hydrogen) atoms. The molecule has 6 nitrogen and oxygen atoms in total. The Balaban J connectivity index is 1.65. The van der Waals surface area contributed by atoms with Crippen LogP contribution in [0, 0.1) is 6.92 Å². The topological polar surface area (TPSA) is 71.1 Å². The molecule has 0 spiro atoms. The summed E-state index contributed by atoms with van der Waals surface area (Å²) in [7, 11) is 1.75. The number of ether oxygens (including phenoxy) is 1. The fraction of sp³-hybridized carbons (Fsp3) is 0.357. The van der Waals surface area contributed by atoms with E-state index in [2.05, 4.69) is 21.5 Å². The molecular weight excluding hydrogens is 256 g/mol. The number of amides is 1. The summed E-state index contributed by atoms with van der Waals surface area (Å²) in [5.41, 5.74) is 2.16. The zero-order chi connectivity index (χ0) is 14.1. The van der Waals surface area contributed by atoms with Gasteiger partial charge in [-0.05, 0) is 18.6 Å². The normalized spacial score (nSPS) is 16.6. The Morgan fingerprint density at radius 3 is 2.95 bits per heavy atom. The van der Waals surface area contributed by atoms with E-state index in [0.29, 0.717) is 17.9 Å². The summed E-state index contributed by atoms with van der Waals surface area (Å²) in [4.78, 5) is 13.9. The Kier molecular flexibility index (Phi) is 3.14. The van der Waals surface area contributed by atoms with Crippen LogP contribution in [0.3, 0.4) is 0 Å². The molecule has 1 N–H and O–H groups in total. The number of rotatable bonds is 3. The molecule has 0 aliphatic carbocycles. The van der Waals surface area contributed by atoms with Crippen molar-refractivity contribution in [1.29, 1.82) is 0 Å². The largest absolute Gasteiger partial charge is 0.488 e. The summed E-state index contributed by atoms with van der Waals surface area (Å²) >= 11 is 0. The number of aromatic nitrogens is 3. The van der Waals surface area contributed by atoms with Crippen LogP contribution in [-0.4, -0.2) is 45.9 Å². The summed E-state index contributed by atoms with van der Waals surface area (Å²) in [6.07, 6.45) is 0.819. The maximum atomic E-state index is 12.2. The van der Waals surface area contributed by atoms with Crippen molar-refractivity contribution in [1.82, 2.24) is 20.3 Å². The van der Waals surface area contributed by atoms with E-state index in [1.807, 2.05) is 18.2 Å². The van der Waals surface area contributed by atoms with Gasteiger partial charge in [0.1, 0.15) is 11.9 Å². The first-order valence-corrected chi connectivity index (χ1v) is 6.52. The van der Waals surface area contributed by atoms with Gasteiger partial charge in [0, 0.05) is 13.5 Å². The predicted octanol–water partition coefficient (Wildman–Crippen LogP) is 1.19. The van der Waals surface area contributed by atoms with Gasteiger partial charge in [0.25, 0.3) is 5.91 Å². The minimum Gasteiger partial charge on any atom is -0.488 e. The number of benzene rings is 1. The molecule has 0 saturated heterocycles. The number of fused-ring (bicyclic) bond motifs is 1. The third-order valence-electron chi connectivity index (χ3n) is 3.46. The minimum atomic E-state index is -0.143. The number of nitrogens with one attached hydrogen (secondary N) is 1. The van der Waals surface area contributed by atoms with Gasteiger partial charge in [0.2, 0.25) is 0 Å². The van der Waals surface area contributed by atoms with Gasteiger partial charge in [-0.1, -0.05) is 18.2 Å². The average Bonchev–Trinajstić information content (AvgIpc) is 3.03. The van der Waals surface area contributed by atoms with Crippen LogP contribution in [-0.2, 0) is 6.42 Å². The number of nitrogens with zero attached hydrogens (tertiary/aromatic N) is 3. The second-order valence-corrected chi connectivity index (χ2v) is 5.00. The zero-order valence-electron chi connectivity index (χ0n) is 11.5. The lowest BCUT2D eigenvalue weighted by molar-refractivity contribution is 0.0724. The molecule has 2 heterocycles. The third kappa shape index (κ3) is 2.24. The van der Waals surface area contributed by atoms with E-state index in [4.69, 9.17) is 4.74 Å². The lowest BCUT2D eigenvalue weighted by atomic mass is 10.1. The Morgan fingerprint density at radius 2 is 2.25 bits per heavy atom. The molecule has 1 atom stereocenters. The molecule has 1 aliphatic rings. The first kappa shape index (κ1) is 12.7. The smallest absolute Gasteiger partial charge is 0.276 e. The van der Waals surface area contributed by atoms with E-state index >= 15 is 0 Å². The molecule has 0 bridgehead atoms. The molecule has 104 valence electrons. The molecule has 0 radical (unpaired) electrons. The van der Waals surface area contributed by atoms with Crippen molar-refractivity contribution in [2.24, 2.45) is 0 Å². The van der Waals surface area contributed by atoms with Crippen molar-refractivity contribution in [2.45, 2.75) is 19.4 Å². The minimum absolute atomic E-state index is 0.00597. The van der Waals surface area contributed by atoms with Crippen LogP contribution >= 0.6 is 0 Å². The van der Waals surface area contributed by atoms with Crippen molar-refractivity contribution < 1.29 is 9.53 Å². The monoisotopic (exact) mass is 272 g/mol. The van der Waals surface area contributed by atoms with Gasteiger partial charge in [0.15, 0.2) is 5.69 Å². The molecular formula is C14H16N4O2. The van der Waals surface area contributed by atoms with E-state index in [9.17, 15) is 4.79 Å². The van der Waals surface area contributed by atoms with Crippen LogP contribution < -0.4 is 4.74 Å². The number of aryl methyl sites for hydroxylation is 1. The first-order valence-electron chi connectivity index (χ1n) is 6.52. The maximum absolute atomic E-state index is 12.2. The summed E-state index contributed by atoms with van der Waals surface area (Å²) < 4.78 is 5.84. The molecule has 1 aliphatic heterocycles. The number of carbonyl (C=O) groups is 1. The van der Waals surface area contributed by atoms with Crippen molar-refractivity contribution in [3.63, 3.8) is 0 Å². The van der Waals surface area contributed by atoms with E-state index in [0.717, 1.165) is 12.2 Å². The van der Waals surface area contributed by atoms with Crippen LogP contribution in [0.4, 0.5) is 0 Å². The van der Waals surface area contributed by atoms with Gasteiger partial charge >= 0.3 is 0 Å². The fourth-order valence-electron chi connectivity index (χ4n) is 2.41. The molecule has 1 amide bonds. The van der Waals surface area contributed by atoms with Gasteiger partial charge in [-0.15, -0.1) is 0 Å². The number of aromatic amines is 1. The standard InChI is InChI=1S/C14H16N4O2/c1-9-13(16-17-15-9)14(19)18(2)8-11-7-10-5-3-4-6-12(10)20-11/h3-6,11H,7-8H2,1-2H3,(H,15,16,17). The van der Waals surface area contributed by atoms with E-state index in [1.165, 1.54) is 5.56 Å². The molecule has 3 rings (SSSR count). The van der Waals surface area contributed by atoms with Gasteiger partial charge in [-0.25, -0.2) is 0 Å². The number of H-pyrrole nitrogens is 1. The second-order valence-electron chi connectivity index (χ2n) is 5.00. The molecule has 0 saturated carbocycles. The zero-order valence-corrected chi connectivity index (χ0v) is 11.5. The molecule has 2 aromatic rings. The van der Waals surface area contributed by atoms with Crippen LogP contribution in [0.1, 0.15) is 21.7 Å². The van der Waals surface area contributed by atoms with E-state index < -0.39 is 0 Å². The molecule has 1 unspecified atom stereocenters. The summed E-state index contributed by atoms with van der Waals surface area (Å²) in [5.74, 6) is 0.770. The van der Waals surface area contributed by atoms with Crippen LogP contribution in [0.25, 0.3) is 0 Å². The highest BCUT2D eigenvalue weighted by Crippen LogP contribution is 2.28. The highest BCUT2D eigenvalue weighted by atomic mass is 16.5. The first-order chi connectivity index (χ1) is 9.65. The van der Waals surface area contributed by atoms with E-state index in [-0.39, 0.29) is 12.0 Å². The molecule has 0 fully saturated rings. The van der Waals surface area contributed by atoms with Crippen molar-refractivity contribution in [3.8, 4) is 5.75 Å². The van der Waals surface area contributed by atoms with Crippen LogP contribution in [0.5, 0.6) is 5.75 Å². The van der Waals surface area contributed by atoms with Crippen molar-refractivity contribution in [2.75, 3.05) is 13.6 Å². The fourth-order valence-corrected chi connectivity index (χ4v) is 2.41. The van der Waals surface area contributed by atoms with Gasteiger partial charge in [-0.3, -0.25) is 4.79 Å². The predicted molar refractivity (Wildman–Crippen MR) is 72.6 cm³/mol. The highest BCUT2D eigenvalue weighted by molar-refractivity contribution is 5.92. The molecule has 6 heteroatoms. The van der Waals surface area contributed by atoms with Gasteiger partial charge in [0.05, 0.1) is 12.2 Å². The maximum Gasteiger partial charge on any atom is 0.276 e. The SMILES string of the molecule is Cc1n[nH]nc1C(=O)N(C)CC1Cc2ccccc2O1. The van der Waals surface area contributed by atoms with E-state index in [1.54, 1.807) is 18.9 Å². The number of likely N-dealkylation sites (N-methyl/N-ethyl adjacent to an activating group) is 1. The Bertz CT molecular complexity index is 613. The highest BCUT2D eigenvalue weighted by Gasteiger charge is 2.26. The molecule has 1 aromatic heterocycles. The lowest BCUT2D eigenvalue weighted by Gasteiger charge is -2.20.